The molecule has 2 N–H and O–H groups in total. The molecule has 1 atom stereocenters. The molecule has 0 aromatic heterocycles. The lowest BCUT2D eigenvalue weighted by atomic mass is 9.78. The highest BCUT2D eigenvalue weighted by molar-refractivity contribution is 5.91. The number of aryl methyl sites for hydroxylation is 2. The van der Waals surface area contributed by atoms with Crippen LogP contribution in [0.5, 0.6) is 11.5 Å². The van der Waals surface area contributed by atoms with Crippen molar-refractivity contribution < 1.29 is 14.6 Å². The number of carbonyl (C=O) groups excluding carboxylic acids is 1. The Balaban J connectivity index is 2.10. The summed E-state index contributed by atoms with van der Waals surface area (Å²) in [5, 5.41) is 13.9. The van der Waals surface area contributed by atoms with Gasteiger partial charge in [0.05, 0.1) is 6.10 Å². The number of aromatic hydroxyl groups is 1. The van der Waals surface area contributed by atoms with E-state index < -0.39 is 0 Å². The fraction of sp³-hybridized carbons (Fsp3) is 0.567. The zero-order chi connectivity index (χ0) is 25.8. The largest absolute Gasteiger partial charge is 0.507 e. The van der Waals surface area contributed by atoms with Gasteiger partial charge in [-0.15, -0.1) is 0 Å². The van der Waals surface area contributed by atoms with Crippen LogP contribution in [0.4, 0.5) is 5.69 Å². The van der Waals surface area contributed by atoms with Crippen molar-refractivity contribution in [1.29, 1.82) is 0 Å². The number of anilines is 1. The van der Waals surface area contributed by atoms with Gasteiger partial charge in [-0.05, 0) is 83.9 Å². The maximum atomic E-state index is 12.7. The first-order chi connectivity index (χ1) is 15.6. The molecule has 0 spiro atoms. The minimum atomic E-state index is -0.184. The Morgan fingerprint density at radius 2 is 1.53 bits per heavy atom. The van der Waals surface area contributed by atoms with Gasteiger partial charge in [-0.2, -0.15) is 0 Å². The molecule has 188 valence electrons. The molecular weight excluding hydrogens is 422 g/mol. The summed E-state index contributed by atoms with van der Waals surface area (Å²) in [5.41, 5.74) is 4.34. The summed E-state index contributed by atoms with van der Waals surface area (Å²) >= 11 is 0. The second-order valence-electron chi connectivity index (χ2n) is 12.1. The summed E-state index contributed by atoms with van der Waals surface area (Å²) in [7, 11) is 0. The Kier molecular flexibility index (Phi) is 8.85. The number of phenolic OH excluding ortho intramolecular Hbond substituents is 1. The fourth-order valence-electron chi connectivity index (χ4n) is 4.25. The lowest BCUT2D eigenvalue weighted by Crippen LogP contribution is -2.18. The summed E-state index contributed by atoms with van der Waals surface area (Å²) < 4.78 is 6.07. The van der Waals surface area contributed by atoms with Crippen molar-refractivity contribution in [2.24, 2.45) is 5.92 Å². The van der Waals surface area contributed by atoms with E-state index in [-0.39, 0.29) is 22.8 Å². The average Bonchev–Trinajstić information content (AvgIpc) is 2.67. The number of carbonyl (C=O) groups is 1. The third kappa shape index (κ3) is 7.78. The lowest BCUT2D eigenvalue weighted by molar-refractivity contribution is -0.116. The van der Waals surface area contributed by atoms with Crippen LogP contribution in [0, 0.1) is 12.8 Å². The molecule has 4 nitrogen and oxygen atoms in total. The van der Waals surface area contributed by atoms with Crippen molar-refractivity contribution in [3.05, 3.63) is 52.6 Å². The molecule has 0 heterocycles. The van der Waals surface area contributed by atoms with E-state index in [1.165, 1.54) is 0 Å². The van der Waals surface area contributed by atoms with Gasteiger partial charge in [0.15, 0.2) is 0 Å². The smallest absolute Gasteiger partial charge is 0.224 e. The zero-order valence-corrected chi connectivity index (χ0v) is 22.9. The van der Waals surface area contributed by atoms with E-state index in [0.29, 0.717) is 24.5 Å². The van der Waals surface area contributed by atoms with Crippen LogP contribution in [0.2, 0.25) is 0 Å². The number of ether oxygens (including phenoxy) is 1. The van der Waals surface area contributed by atoms with Crippen LogP contribution in [0.3, 0.4) is 0 Å². The third-order valence-electron chi connectivity index (χ3n) is 6.02. The molecule has 1 amide bonds. The molecule has 1 unspecified atom stereocenters. The SMILES string of the molecule is Cc1cc(NC(=O)CCc2cc(C(C)(C)C)c(O)c(C(C)(C)C)c2)ccc1OC(C)CC(C)C. The fourth-order valence-corrected chi connectivity index (χ4v) is 4.25. The summed E-state index contributed by atoms with van der Waals surface area (Å²) in [5.74, 6) is 1.79. The standard InChI is InChI=1S/C30H45NO3/c1-19(2)15-21(4)34-26-13-12-23(16-20(26)3)31-27(32)14-11-22-17-24(29(5,6)7)28(33)25(18-22)30(8,9)10/h12-13,16-19,21,33H,11,14-15H2,1-10H3,(H,31,32). The van der Waals surface area contributed by atoms with Crippen LogP contribution in [-0.2, 0) is 22.0 Å². The number of amides is 1. The number of benzene rings is 2. The molecule has 0 saturated carbocycles. The first-order valence-electron chi connectivity index (χ1n) is 12.5. The normalized spacial score (nSPS) is 13.1. The highest BCUT2D eigenvalue weighted by Gasteiger charge is 2.26. The second-order valence-corrected chi connectivity index (χ2v) is 12.1. The van der Waals surface area contributed by atoms with Gasteiger partial charge in [-0.25, -0.2) is 0 Å². The predicted octanol–water partition coefficient (Wildman–Crippen LogP) is 7.68. The highest BCUT2D eigenvalue weighted by Crippen LogP contribution is 2.40. The predicted molar refractivity (Wildman–Crippen MR) is 143 cm³/mol. The Morgan fingerprint density at radius 3 is 2.00 bits per heavy atom. The van der Waals surface area contributed by atoms with Crippen molar-refractivity contribution in [1.82, 2.24) is 0 Å². The molecule has 0 radical (unpaired) electrons. The maximum Gasteiger partial charge on any atom is 0.224 e. The van der Waals surface area contributed by atoms with E-state index in [0.717, 1.165) is 40.1 Å². The highest BCUT2D eigenvalue weighted by atomic mass is 16.5. The Hall–Kier alpha value is -2.49. The van der Waals surface area contributed by atoms with Gasteiger partial charge in [-0.3, -0.25) is 4.79 Å². The average molecular weight is 468 g/mol. The van der Waals surface area contributed by atoms with Crippen molar-refractivity contribution in [3.8, 4) is 11.5 Å². The van der Waals surface area contributed by atoms with Crippen molar-refractivity contribution in [2.45, 2.75) is 105 Å². The van der Waals surface area contributed by atoms with Crippen LogP contribution < -0.4 is 10.1 Å². The molecule has 2 rings (SSSR count). The molecule has 4 heteroatoms. The third-order valence-corrected chi connectivity index (χ3v) is 6.02. The topological polar surface area (TPSA) is 58.6 Å². The number of hydrogen-bond donors (Lipinski definition) is 2. The second kappa shape index (κ2) is 10.8. The monoisotopic (exact) mass is 467 g/mol. The van der Waals surface area contributed by atoms with E-state index in [1.54, 1.807) is 0 Å². The number of nitrogens with one attached hydrogen (secondary N) is 1. The van der Waals surface area contributed by atoms with E-state index in [1.807, 2.05) is 37.3 Å². The molecule has 0 saturated heterocycles. The zero-order valence-electron chi connectivity index (χ0n) is 22.9. The molecule has 2 aromatic carbocycles. The number of phenols is 1. The Bertz CT molecular complexity index is 958. The number of rotatable bonds is 8. The van der Waals surface area contributed by atoms with Gasteiger partial charge >= 0.3 is 0 Å². The lowest BCUT2D eigenvalue weighted by Gasteiger charge is -2.28. The summed E-state index contributed by atoms with van der Waals surface area (Å²) in [6, 6.07) is 9.90. The molecular formula is C30H45NO3. The summed E-state index contributed by atoms with van der Waals surface area (Å²) in [6.07, 6.45) is 2.15. The summed E-state index contributed by atoms with van der Waals surface area (Å²) in [6.45, 7) is 21.1. The van der Waals surface area contributed by atoms with Crippen LogP contribution in [0.1, 0.15) is 97.4 Å². The minimum Gasteiger partial charge on any atom is -0.507 e. The molecule has 0 aliphatic heterocycles. The van der Waals surface area contributed by atoms with E-state index in [2.05, 4.69) is 67.6 Å². The van der Waals surface area contributed by atoms with Crippen molar-refractivity contribution >= 4 is 11.6 Å². The van der Waals surface area contributed by atoms with Crippen molar-refractivity contribution in [2.75, 3.05) is 5.32 Å². The van der Waals surface area contributed by atoms with Crippen molar-refractivity contribution in [3.63, 3.8) is 0 Å². The Morgan fingerprint density at radius 1 is 0.971 bits per heavy atom. The molecule has 2 aromatic rings. The van der Waals surface area contributed by atoms with Gasteiger partial charge in [0.25, 0.3) is 0 Å². The molecule has 34 heavy (non-hydrogen) atoms. The van der Waals surface area contributed by atoms with Crippen LogP contribution in [-0.4, -0.2) is 17.1 Å². The number of hydrogen-bond acceptors (Lipinski definition) is 3. The van der Waals surface area contributed by atoms with Crippen LogP contribution in [0.15, 0.2) is 30.3 Å². The van der Waals surface area contributed by atoms with E-state index >= 15 is 0 Å². The van der Waals surface area contributed by atoms with Gasteiger partial charge in [0, 0.05) is 12.1 Å². The van der Waals surface area contributed by atoms with Crippen LogP contribution >= 0.6 is 0 Å². The Labute approximate surface area is 207 Å². The quantitative estimate of drug-likeness (QED) is 0.418. The first kappa shape index (κ1) is 27.8. The minimum absolute atomic E-state index is 0.0241. The first-order valence-corrected chi connectivity index (χ1v) is 12.5. The van der Waals surface area contributed by atoms with E-state index in [9.17, 15) is 9.90 Å². The molecule has 0 aliphatic rings. The van der Waals surface area contributed by atoms with Gasteiger partial charge < -0.3 is 15.2 Å². The maximum absolute atomic E-state index is 12.7. The van der Waals surface area contributed by atoms with Crippen LogP contribution in [0.25, 0.3) is 0 Å². The molecule has 0 fully saturated rings. The molecule has 0 bridgehead atoms. The summed E-state index contributed by atoms with van der Waals surface area (Å²) in [4.78, 5) is 12.7. The van der Waals surface area contributed by atoms with Gasteiger partial charge in [-0.1, -0.05) is 67.5 Å². The van der Waals surface area contributed by atoms with Gasteiger partial charge in [0.2, 0.25) is 5.91 Å². The molecule has 0 aliphatic carbocycles. The van der Waals surface area contributed by atoms with Gasteiger partial charge in [0.1, 0.15) is 11.5 Å². The van der Waals surface area contributed by atoms with E-state index in [4.69, 9.17) is 4.74 Å².